The van der Waals surface area contributed by atoms with Crippen LogP contribution in [0.1, 0.15) is 38.9 Å². The lowest BCUT2D eigenvalue weighted by Crippen LogP contribution is -2.29. The van der Waals surface area contributed by atoms with Crippen molar-refractivity contribution in [3.8, 4) is 23.0 Å². The Bertz CT molecular complexity index is 1630. The molecule has 2 aliphatic heterocycles. The molecule has 0 unspecified atom stereocenters. The van der Waals surface area contributed by atoms with Crippen molar-refractivity contribution in [2.75, 3.05) is 13.9 Å². The Morgan fingerprint density at radius 2 is 1.89 bits per heavy atom. The van der Waals surface area contributed by atoms with Gasteiger partial charge < -0.3 is 28.6 Å². The largest absolute Gasteiger partial charge is 0.503 e. The van der Waals surface area contributed by atoms with Crippen LogP contribution < -0.4 is 19.6 Å². The zero-order chi connectivity index (χ0) is 25.1. The molecule has 182 valence electrons. The van der Waals surface area contributed by atoms with Crippen LogP contribution in [0.3, 0.4) is 0 Å². The molecule has 6 rings (SSSR count). The van der Waals surface area contributed by atoms with Gasteiger partial charge in [0.05, 0.1) is 28.6 Å². The minimum atomic E-state index is -0.773. The van der Waals surface area contributed by atoms with Crippen molar-refractivity contribution in [3.63, 3.8) is 0 Å². The molecule has 1 N–H and O–H groups in total. The molecule has 3 heterocycles. The zero-order valence-electron chi connectivity index (χ0n) is 19.3. The molecule has 0 radical (unpaired) electrons. The lowest BCUT2D eigenvalue weighted by molar-refractivity contribution is 0.0714. The van der Waals surface area contributed by atoms with E-state index in [1.165, 1.54) is 7.11 Å². The summed E-state index contributed by atoms with van der Waals surface area (Å²) >= 11 is 3.36. The molecule has 0 fully saturated rings. The van der Waals surface area contributed by atoms with E-state index in [-0.39, 0.29) is 41.6 Å². The summed E-state index contributed by atoms with van der Waals surface area (Å²) < 4.78 is 22.7. The minimum absolute atomic E-state index is 0.00487. The summed E-state index contributed by atoms with van der Waals surface area (Å²) in [6.07, 6.45) is 0. The average molecular weight is 550 g/mol. The number of nitrogens with zero attached hydrogens (tertiary/aromatic N) is 1. The van der Waals surface area contributed by atoms with Crippen LogP contribution in [0.5, 0.6) is 23.0 Å². The lowest BCUT2D eigenvalue weighted by Gasteiger charge is -2.26. The summed E-state index contributed by atoms with van der Waals surface area (Å²) in [5.41, 5.74) is 2.61. The molecular weight excluding hydrogens is 530 g/mol. The number of carbonyl (C=O) groups is 1. The van der Waals surface area contributed by atoms with Crippen LogP contribution in [0.2, 0.25) is 0 Å². The van der Waals surface area contributed by atoms with Crippen molar-refractivity contribution in [2.45, 2.75) is 19.5 Å². The van der Waals surface area contributed by atoms with Crippen molar-refractivity contribution >= 4 is 32.8 Å². The Morgan fingerprint density at radius 1 is 1.08 bits per heavy atom. The maximum absolute atomic E-state index is 13.8. The van der Waals surface area contributed by atoms with Crippen LogP contribution in [0.4, 0.5) is 0 Å². The molecule has 1 amide bonds. The van der Waals surface area contributed by atoms with Crippen LogP contribution in [0.15, 0.2) is 62.2 Å². The van der Waals surface area contributed by atoms with Crippen LogP contribution in [-0.2, 0) is 6.54 Å². The molecule has 0 aliphatic carbocycles. The first-order chi connectivity index (χ1) is 17.4. The SMILES string of the molecule is COc1cc([C@H]2c3c(oc4ccc(C)cc4c3=O)C(=O)N2Cc2ccc3c(c2)OCO3)cc(Br)c1O. The molecular formula is C27H20BrNO7. The number of amides is 1. The number of aryl methyl sites for hydroxylation is 1. The molecule has 0 saturated heterocycles. The first-order valence-electron chi connectivity index (χ1n) is 11.2. The number of halogens is 1. The maximum atomic E-state index is 13.8. The number of rotatable bonds is 4. The Hall–Kier alpha value is -3.98. The van der Waals surface area contributed by atoms with Gasteiger partial charge in [-0.05, 0) is 70.4 Å². The van der Waals surface area contributed by atoms with Gasteiger partial charge in [-0.15, -0.1) is 0 Å². The fraction of sp³-hybridized carbons (Fsp3) is 0.185. The number of ether oxygens (including phenoxy) is 3. The van der Waals surface area contributed by atoms with Gasteiger partial charge >= 0.3 is 0 Å². The molecule has 36 heavy (non-hydrogen) atoms. The van der Waals surface area contributed by atoms with Crippen LogP contribution in [-0.4, -0.2) is 29.8 Å². The van der Waals surface area contributed by atoms with E-state index < -0.39 is 11.9 Å². The molecule has 9 heteroatoms. The molecule has 2 aliphatic rings. The van der Waals surface area contributed by atoms with Gasteiger partial charge in [-0.3, -0.25) is 9.59 Å². The molecule has 8 nitrogen and oxygen atoms in total. The second-order valence-corrected chi connectivity index (χ2v) is 9.60. The number of hydrogen-bond donors (Lipinski definition) is 1. The summed E-state index contributed by atoms with van der Waals surface area (Å²) in [6, 6.07) is 13.3. The van der Waals surface area contributed by atoms with Gasteiger partial charge in [0, 0.05) is 6.54 Å². The van der Waals surface area contributed by atoms with E-state index in [1.807, 2.05) is 25.1 Å². The Labute approximate surface area is 213 Å². The predicted molar refractivity (Wildman–Crippen MR) is 134 cm³/mol. The van der Waals surface area contributed by atoms with Gasteiger partial charge in [0.1, 0.15) is 5.58 Å². The predicted octanol–water partition coefficient (Wildman–Crippen LogP) is 5.05. The summed E-state index contributed by atoms with van der Waals surface area (Å²) in [5.74, 6) is 0.967. The van der Waals surface area contributed by atoms with Crippen molar-refractivity contribution < 1.29 is 28.5 Å². The van der Waals surface area contributed by atoms with E-state index in [0.29, 0.717) is 32.5 Å². The quantitative estimate of drug-likeness (QED) is 0.380. The van der Waals surface area contributed by atoms with Gasteiger partial charge in [-0.2, -0.15) is 0 Å². The molecule has 0 bridgehead atoms. The Balaban J connectivity index is 1.56. The fourth-order valence-corrected chi connectivity index (χ4v) is 5.25. The third-order valence-electron chi connectivity index (χ3n) is 6.50. The number of benzene rings is 3. The van der Waals surface area contributed by atoms with Crippen LogP contribution >= 0.6 is 15.9 Å². The normalized spacial score (nSPS) is 16.0. The van der Waals surface area contributed by atoms with E-state index in [9.17, 15) is 14.7 Å². The average Bonchev–Trinajstić information content (AvgIpc) is 3.44. The van der Waals surface area contributed by atoms with Crippen LogP contribution in [0, 0.1) is 6.92 Å². The third kappa shape index (κ3) is 3.42. The highest BCUT2D eigenvalue weighted by molar-refractivity contribution is 9.10. The standard InChI is InChI=1S/C27H20BrNO7/c1-13-3-5-18-16(7-13)24(30)22-23(15-9-17(28)25(31)21(10-15)33-2)29(27(32)26(22)36-18)11-14-4-6-19-20(8-14)35-12-34-19/h3-10,23,31H,11-12H2,1-2H3/t23-/m0/s1. The first kappa shape index (κ1) is 22.5. The molecule has 4 aromatic rings. The number of aromatic hydroxyl groups is 1. The lowest BCUT2D eigenvalue weighted by atomic mass is 9.97. The van der Waals surface area contributed by atoms with E-state index in [2.05, 4.69) is 15.9 Å². The van der Waals surface area contributed by atoms with Crippen LogP contribution in [0.25, 0.3) is 11.0 Å². The van der Waals surface area contributed by atoms with Crippen molar-refractivity contribution in [3.05, 3.63) is 91.2 Å². The summed E-state index contributed by atoms with van der Waals surface area (Å²) in [4.78, 5) is 29.1. The highest BCUT2D eigenvalue weighted by Gasteiger charge is 2.43. The summed E-state index contributed by atoms with van der Waals surface area (Å²) in [7, 11) is 1.44. The van der Waals surface area contributed by atoms with E-state index in [1.54, 1.807) is 35.2 Å². The monoisotopic (exact) mass is 549 g/mol. The minimum Gasteiger partial charge on any atom is -0.503 e. The van der Waals surface area contributed by atoms with Crippen molar-refractivity contribution in [1.82, 2.24) is 4.90 Å². The van der Waals surface area contributed by atoms with E-state index in [4.69, 9.17) is 18.6 Å². The van der Waals surface area contributed by atoms with Gasteiger partial charge in [-0.1, -0.05) is 17.7 Å². The van der Waals surface area contributed by atoms with Gasteiger partial charge in [0.2, 0.25) is 12.6 Å². The highest BCUT2D eigenvalue weighted by Crippen LogP contribution is 2.44. The summed E-state index contributed by atoms with van der Waals surface area (Å²) in [5, 5.41) is 10.8. The Morgan fingerprint density at radius 3 is 2.69 bits per heavy atom. The second kappa shape index (κ2) is 8.30. The number of fused-ring (bicyclic) bond motifs is 3. The number of methoxy groups -OCH3 is 1. The molecule has 0 saturated carbocycles. The zero-order valence-corrected chi connectivity index (χ0v) is 20.9. The van der Waals surface area contributed by atoms with Gasteiger partial charge in [0.25, 0.3) is 5.91 Å². The molecule has 1 atom stereocenters. The first-order valence-corrected chi connectivity index (χ1v) is 12.0. The van der Waals surface area contributed by atoms with Crippen molar-refractivity contribution in [1.29, 1.82) is 0 Å². The Kier molecular flexibility index (Phi) is 5.19. The van der Waals surface area contributed by atoms with E-state index >= 15 is 0 Å². The third-order valence-corrected chi connectivity index (χ3v) is 7.10. The number of phenols is 1. The fourth-order valence-electron chi connectivity index (χ4n) is 4.79. The summed E-state index contributed by atoms with van der Waals surface area (Å²) in [6.45, 7) is 2.21. The number of phenolic OH excluding ortho intramolecular Hbond substituents is 1. The van der Waals surface area contributed by atoms with E-state index in [0.717, 1.165) is 11.1 Å². The highest BCUT2D eigenvalue weighted by atomic mass is 79.9. The molecule has 1 aromatic heterocycles. The van der Waals surface area contributed by atoms with Crippen molar-refractivity contribution in [2.24, 2.45) is 0 Å². The number of hydrogen-bond acceptors (Lipinski definition) is 7. The maximum Gasteiger partial charge on any atom is 0.291 e. The molecule has 3 aromatic carbocycles. The van der Waals surface area contributed by atoms with Gasteiger partial charge in [-0.25, -0.2) is 0 Å². The smallest absolute Gasteiger partial charge is 0.291 e. The molecule has 0 spiro atoms. The topological polar surface area (TPSA) is 98.4 Å². The second-order valence-electron chi connectivity index (χ2n) is 8.75. The van der Waals surface area contributed by atoms with Gasteiger partial charge in [0.15, 0.2) is 28.4 Å². The number of carbonyl (C=O) groups excluding carboxylic acids is 1.